The Morgan fingerprint density at radius 1 is 0.667 bits per heavy atom. The molecule has 2 heterocycles. The third-order valence-corrected chi connectivity index (χ3v) is 3.10. The van der Waals surface area contributed by atoms with Crippen molar-refractivity contribution < 1.29 is 19.2 Å². The monoisotopic (exact) mass is 224 g/mol. The van der Waals surface area contributed by atoms with Gasteiger partial charge in [-0.2, -0.15) is 0 Å². The van der Waals surface area contributed by atoms with Crippen LogP contribution >= 0.6 is 8.88 Å². The standard InChI is InChI=1S/C8H5N2O4P/c11-5-1-2-6(12)9(5)15-10-7(13)3-4-8(10)14/h1-4,15H. The van der Waals surface area contributed by atoms with Gasteiger partial charge in [0.05, 0.1) is 0 Å². The molecule has 0 aliphatic carbocycles. The van der Waals surface area contributed by atoms with Crippen LogP contribution in [0.1, 0.15) is 0 Å². The second-order valence-electron chi connectivity index (χ2n) is 2.79. The van der Waals surface area contributed by atoms with Crippen LogP contribution in [0.15, 0.2) is 24.3 Å². The van der Waals surface area contributed by atoms with Crippen molar-refractivity contribution in [3.63, 3.8) is 0 Å². The van der Waals surface area contributed by atoms with Crippen molar-refractivity contribution in [3.05, 3.63) is 24.3 Å². The fraction of sp³-hybridized carbons (Fsp3) is 0. The zero-order valence-corrected chi connectivity index (χ0v) is 8.34. The maximum absolute atomic E-state index is 11.1. The van der Waals surface area contributed by atoms with E-state index in [1.165, 1.54) is 0 Å². The number of hydrogen-bond acceptors (Lipinski definition) is 4. The van der Waals surface area contributed by atoms with Crippen LogP contribution in [0.4, 0.5) is 0 Å². The van der Waals surface area contributed by atoms with E-state index in [4.69, 9.17) is 0 Å². The molecule has 0 N–H and O–H groups in total. The molecule has 0 unspecified atom stereocenters. The highest BCUT2D eigenvalue weighted by atomic mass is 31.1. The van der Waals surface area contributed by atoms with Gasteiger partial charge >= 0.3 is 0 Å². The summed E-state index contributed by atoms with van der Waals surface area (Å²) >= 11 is 0. The fourth-order valence-electron chi connectivity index (χ4n) is 1.10. The lowest BCUT2D eigenvalue weighted by Gasteiger charge is -2.19. The lowest BCUT2D eigenvalue weighted by Crippen LogP contribution is -2.30. The van der Waals surface area contributed by atoms with Crippen molar-refractivity contribution in [1.82, 2.24) is 9.34 Å². The molecule has 0 bridgehead atoms. The zero-order chi connectivity index (χ0) is 11.0. The van der Waals surface area contributed by atoms with Gasteiger partial charge in [-0.15, -0.1) is 0 Å². The maximum atomic E-state index is 11.1. The molecule has 0 radical (unpaired) electrons. The van der Waals surface area contributed by atoms with E-state index in [1.807, 2.05) is 0 Å². The van der Waals surface area contributed by atoms with Crippen molar-refractivity contribution in [2.75, 3.05) is 0 Å². The average Bonchev–Trinajstić information content (AvgIpc) is 2.67. The van der Waals surface area contributed by atoms with E-state index < -0.39 is 32.5 Å². The quantitative estimate of drug-likeness (QED) is 0.461. The van der Waals surface area contributed by atoms with Crippen LogP contribution < -0.4 is 0 Å². The summed E-state index contributed by atoms with van der Waals surface area (Å²) in [6, 6.07) is 0. The summed E-state index contributed by atoms with van der Waals surface area (Å²) in [4.78, 5) is 44.6. The number of nitrogens with zero attached hydrogens (tertiary/aromatic N) is 2. The third kappa shape index (κ3) is 1.59. The van der Waals surface area contributed by atoms with Crippen LogP contribution in [0.25, 0.3) is 0 Å². The van der Waals surface area contributed by atoms with Gasteiger partial charge in [0.25, 0.3) is 23.6 Å². The van der Waals surface area contributed by atoms with E-state index in [2.05, 4.69) is 0 Å². The second kappa shape index (κ2) is 3.40. The number of hydrogen-bond donors (Lipinski definition) is 0. The maximum Gasteiger partial charge on any atom is 0.258 e. The number of carbonyl (C=O) groups excluding carboxylic acids is 4. The Morgan fingerprint density at radius 3 is 1.20 bits per heavy atom. The largest absolute Gasteiger partial charge is 0.269 e. The van der Waals surface area contributed by atoms with Crippen molar-refractivity contribution in [1.29, 1.82) is 0 Å². The Hall–Kier alpha value is -1.81. The minimum absolute atomic E-state index is 0.508. The molecule has 0 aromatic carbocycles. The summed E-state index contributed by atoms with van der Waals surface area (Å²) in [5.41, 5.74) is 0. The van der Waals surface area contributed by atoms with Crippen molar-refractivity contribution in [2.24, 2.45) is 0 Å². The molecular weight excluding hydrogens is 219 g/mol. The third-order valence-electron chi connectivity index (χ3n) is 1.82. The SMILES string of the molecule is O=C1C=CC(=O)N1PN1C(=O)C=CC1=O. The van der Waals surface area contributed by atoms with Crippen LogP contribution in [-0.4, -0.2) is 33.0 Å². The highest BCUT2D eigenvalue weighted by Crippen LogP contribution is 2.30. The molecule has 0 saturated carbocycles. The summed E-state index contributed by atoms with van der Waals surface area (Å²) in [5, 5.41) is 0. The first-order valence-electron chi connectivity index (χ1n) is 3.98. The summed E-state index contributed by atoms with van der Waals surface area (Å²) in [5.74, 6) is -2.03. The van der Waals surface area contributed by atoms with Gasteiger partial charge in [-0.05, 0) is 0 Å². The topological polar surface area (TPSA) is 74.8 Å². The van der Waals surface area contributed by atoms with E-state index >= 15 is 0 Å². The van der Waals surface area contributed by atoms with E-state index in [0.29, 0.717) is 0 Å². The molecule has 6 nitrogen and oxygen atoms in total. The first-order chi connectivity index (χ1) is 7.09. The van der Waals surface area contributed by atoms with Gasteiger partial charge < -0.3 is 0 Å². The number of amides is 4. The first kappa shape index (κ1) is 9.73. The van der Waals surface area contributed by atoms with Gasteiger partial charge in [0.2, 0.25) is 0 Å². The molecule has 0 fully saturated rings. The second-order valence-corrected chi connectivity index (χ2v) is 3.88. The molecule has 2 rings (SSSR count). The summed E-state index contributed by atoms with van der Waals surface area (Å²) < 4.78 is 1.70. The van der Waals surface area contributed by atoms with Gasteiger partial charge in [0, 0.05) is 24.3 Å². The molecule has 0 atom stereocenters. The number of carbonyl (C=O) groups is 4. The van der Waals surface area contributed by atoms with Crippen LogP contribution in [0, 0.1) is 0 Å². The lowest BCUT2D eigenvalue weighted by molar-refractivity contribution is -0.131. The fourth-order valence-corrected chi connectivity index (χ4v) is 1.99. The Balaban J connectivity index is 2.10. The van der Waals surface area contributed by atoms with Crippen LogP contribution in [0.2, 0.25) is 0 Å². The zero-order valence-electron chi connectivity index (χ0n) is 7.34. The molecule has 0 spiro atoms. The Labute approximate surface area is 86.1 Å². The van der Waals surface area contributed by atoms with E-state index in [0.717, 1.165) is 33.6 Å². The van der Waals surface area contributed by atoms with Crippen LogP contribution in [-0.2, 0) is 19.2 Å². The highest BCUT2D eigenvalue weighted by Gasteiger charge is 2.31. The Bertz CT molecular complexity index is 364. The summed E-state index contributed by atoms with van der Waals surface area (Å²) in [7, 11) is -0.596. The number of rotatable bonds is 2. The molecule has 7 heteroatoms. The normalized spacial score (nSPS) is 20.0. The van der Waals surface area contributed by atoms with Crippen molar-refractivity contribution >= 4 is 32.5 Å². The van der Waals surface area contributed by atoms with Gasteiger partial charge in [-0.25, -0.2) is 9.34 Å². The average molecular weight is 224 g/mol. The van der Waals surface area contributed by atoms with Gasteiger partial charge in [0.15, 0.2) is 0 Å². The predicted molar refractivity (Wildman–Crippen MR) is 50.3 cm³/mol. The van der Waals surface area contributed by atoms with E-state index in [-0.39, 0.29) is 0 Å². The number of imide groups is 2. The molecule has 2 aliphatic rings. The lowest BCUT2D eigenvalue weighted by atomic mass is 10.6. The smallest absolute Gasteiger partial charge is 0.258 e. The molecular formula is C8H5N2O4P. The molecule has 0 aromatic rings. The molecule has 2 aliphatic heterocycles. The summed E-state index contributed by atoms with van der Waals surface area (Å²) in [6.45, 7) is 0. The van der Waals surface area contributed by atoms with Crippen molar-refractivity contribution in [2.45, 2.75) is 0 Å². The minimum atomic E-state index is -0.596. The highest BCUT2D eigenvalue weighted by molar-refractivity contribution is 7.37. The van der Waals surface area contributed by atoms with Crippen molar-refractivity contribution in [3.8, 4) is 0 Å². The van der Waals surface area contributed by atoms with Crippen LogP contribution in [0.5, 0.6) is 0 Å². The van der Waals surface area contributed by atoms with E-state index in [9.17, 15) is 19.2 Å². The Kier molecular flexibility index (Phi) is 2.21. The molecule has 0 saturated heterocycles. The van der Waals surface area contributed by atoms with E-state index in [1.54, 1.807) is 0 Å². The minimum Gasteiger partial charge on any atom is -0.269 e. The predicted octanol–water partition coefficient (Wildman–Crippen LogP) is -0.655. The van der Waals surface area contributed by atoms with Gasteiger partial charge in [-0.3, -0.25) is 19.2 Å². The van der Waals surface area contributed by atoms with Gasteiger partial charge in [0.1, 0.15) is 8.88 Å². The van der Waals surface area contributed by atoms with Crippen LogP contribution in [0.3, 0.4) is 0 Å². The molecule has 15 heavy (non-hydrogen) atoms. The van der Waals surface area contributed by atoms with Gasteiger partial charge in [-0.1, -0.05) is 0 Å². The summed E-state index contributed by atoms with van der Waals surface area (Å²) in [6.07, 6.45) is 4.42. The molecule has 4 amide bonds. The molecule has 76 valence electrons. The molecule has 0 aromatic heterocycles. The first-order valence-corrected chi connectivity index (χ1v) is 4.87. The Morgan fingerprint density at radius 2 is 0.933 bits per heavy atom.